The maximum Gasteiger partial charge on any atom is 0.170 e. The van der Waals surface area contributed by atoms with E-state index in [9.17, 15) is 4.79 Å². The van der Waals surface area contributed by atoms with Crippen molar-refractivity contribution in [1.29, 1.82) is 0 Å². The minimum absolute atomic E-state index is 0.521. The van der Waals surface area contributed by atoms with Crippen molar-refractivity contribution in [2.45, 2.75) is 19.9 Å². The van der Waals surface area contributed by atoms with Crippen molar-refractivity contribution < 1.29 is 4.79 Å². The Labute approximate surface area is 88.1 Å². The first-order valence-corrected chi connectivity index (χ1v) is 5.22. The molecule has 1 aliphatic carbocycles. The van der Waals surface area contributed by atoms with Gasteiger partial charge in [-0.25, -0.2) is 4.98 Å². The van der Waals surface area contributed by atoms with Crippen LogP contribution in [0.25, 0.3) is 5.57 Å². The van der Waals surface area contributed by atoms with Crippen molar-refractivity contribution in [3.05, 3.63) is 35.4 Å². The molecule has 0 saturated heterocycles. The van der Waals surface area contributed by atoms with Crippen LogP contribution >= 0.6 is 0 Å². The highest BCUT2D eigenvalue weighted by Gasteiger charge is 2.27. The van der Waals surface area contributed by atoms with E-state index >= 15 is 0 Å². The molecule has 0 aromatic carbocycles. The fourth-order valence-electron chi connectivity index (χ4n) is 2.45. The van der Waals surface area contributed by atoms with Crippen LogP contribution in [0.4, 0.5) is 0 Å². The number of hydrogen-bond acceptors (Lipinski definition) is 2. The predicted molar refractivity (Wildman–Crippen MR) is 57.5 cm³/mol. The van der Waals surface area contributed by atoms with Gasteiger partial charge in [-0.2, -0.15) is 0 Å². The van der Waals surface area contributed by atoms with Crippen LogP contribution in [0.15, 0.2) is 23.9 Å². The third-order valence-corrected chi connectivity index (χ3v) is 3.14. The number of aromatic nitrogens is 2. The van der Waals surface area contributed by atoms with E-state index < -0.39 is 0 Å². The molecule has 0 radical (unpaired) electrons. The van der Waals surface area contributed by atoms with Crippen molar-refractivity contribution in [2.75, 3.05) is 0 Å². The molecule has 0 fully saturated rings. The minimum Gasteiger partial charge on any atom is -0.326 e. The van der Waals surface area contributed by atoms with E-state index in [0.29, 0.717) is 11.6 Å². The molecule has 76 valence electrons. The fourth-order valence-corrected chi connectivity index (χ4v) is 2.45. The maximum atomic E-state index is 10.6. The minimum atomic E-state index is 0.521. The van der Waals surface area contributed by atoms with E-state index in [1.807, 2.05) is 6.20 Å². The Hall–Kier alpha value is -1.64. The summed E-state index contributed by atoms with van der Waals surface area (Å²) in [5.41, 5.74) is 3.22. The Kier molecular flexibility index (Phi) is 1.69. The van der Waals surface area contributed by atoms with Crippen LogP contribution in [0.3, 0.4) is 0 Å². The van der Waals surface area contributed by atoms with Crippen LogP contribution in [-0.2, 0) is 6.54 Å². The Balaban J connectivity index is 2.14. The van der Waals surface area contributed by atoms with Crippen molar-refractivity contribution in [1.82, 2.24) is 9.55 Å². The zero-order valence-electron chi connectivity index (χ0n) is 8.60. The van der Waals surface area contributed by atoms with Gasteiger partial charge < -0.3 is 4.57 Å². The van der Waals surface area contributed by atoms with Crippen LogP contribution < -0.4 is 0 Å². The summed E-state index contributed by atoms with van der Waals surface area (Å²) in [5, 5.41) is 0. The number of nitrogens with zero attached hydrogens (tertiary/aromatic N) is 2. The van der Waals surface area contributed by atoms with Crippen LogP contribution in [0.2, 0.25) is 0 Å². The molecule has 3 heteroatoms. The number of carbonyl (C=O) groups excluding carboxylic acids is 1. The van der Waals surface area contributed by atoms with Gasteiger partial charge >= 0.3 is 0 Å². The second-order valence-electron chi connectivity index (χ2n) is 4.21. The van der Waals surface area contributed by atoms with E-state index in [1.165, 1.54) is 11.1 Å². The normalized spacial score (nSPS) is 22.9. The maximum absolute atomic E-state index is 10.6. The highest BCUT2D eigenvalue weighted by Crippen LogP contribution is 2.37. The quantitative estimate of drug-likeness (QED) is 0.650. The fraction of sp³-hybridized carbons (Fsp3) is 0.333. The molecule has 0 N–H and O–H groups in total. The Bertz CT molecular complexity index is 494. The number of carbonyl (C=O) groups is 1. The summed E-state index contributed by atoms with van der Waals surface area (Å²) < 4.78 is 2.07. The van der Waals surface area contributed by atoms with Gasteiger partial charge in [0.25, 0.3) is 0 Å². The molecule has 1 atom stereocenters. The van der Waals surface area contributed by atoms with Gasteiger partial charge in [-0.15, -0.1) is 0 Å². The largest absolute Gasteiger partial charge is 0.326 e. The van der Waals surface area contributed by atoms with Gasteiger partial charge in [-0.05, 0) is 17.9 Å². The highest BCUT2D eigenvalue weighted by atomic mass is 16.1. The Morgan fingerprint density at radius 3 is 3.27 bits per heavy atom. The van der Waals surface area contributed by atoms with Gasteiger partial charge in [0.2, 0.25) is 0 Å². The number of allylic oxidation sites excluding steroid dienone is 4. The number of hydrogen-bond donors (Lipinski definition) is 0. The molecule has 15 heavy (non-hydrogen) atoms. The first-order chi connectivity index (χ1) is 7.29. The number of imidazole rings is 1. The molecule has 0 saturated carbocycles. The van der Waals surface area contributed by atoms with E-state index in [4.69, 9.17) is 0 Å². The van der Waals surface area contributed by atoms with Gasteiger partial charge in [0.15, 0.2) is 6.29 Å². The van der Waals surface area contributed by atoms with E-state index in [1.54, 1.807) is 0 Å². The predicted octanol–water partition coefficient (Wildman–Crippen LogP) is 2.06. The van der Waals surface area contributed by atoms with Crippen molar-refractivity contribution in [3.8, 4) is 0 Å². The van der Waals surface area contributed by atoms with Gasteiger partial charge in [-0.3, -0.25) is 4.79 Å². The van der Waals surface area contributed by atoms with Crippen LogP contribution in [0.1, 0.15) is 29.7 Å². The zero-order chi connectivity index (χ0) is 10.4. The molecule has 3 rings (SSSR count). The molecule has 3 nitrogen and oxygen atoms in total. The third-order valence-electron chi connectivity index (χ3n) is 3.14. The molecule has 0 bridgehead atoms. The number of fused-ring (bicyclic) bond motifs is 2. The molecule has 1 unspecified atom stereocenters. The molecular weight excluding hydrogens is 188 g/mol. The second-order valence-corrected chi connectivity index (χ2v) is 4.21. The van der Waals surface area contributed by atoms with Crippen molar-refractivity contribution in [2.24, 2.45) is 5.92 Å². The van der Waals surface area contributed by atoms with E-state index in [0.717, 1.165) is 25.1 Å². The summed E-state index contributed by atoms with van der Waals surface area (Å²) in [6.07, 6.45) is 8.12. The number of aldehydes is 1. The SMILES string of the molecule is CC1CC=CC2=C1c1nc(C=O)cn1C2. The Morgan fingerprint density at radius 1 is 1.60 bits per heavy atom. The third kappa shape index (κ3) is 1.12. The summed E-state index contributed by atoms with van der Waals surface area (Å²) >= 11 is 0. The average molecular weight is 200 g/mol. The summed E-state index contributed by atoms with van der Waals surface area (Å²) in [4.78, 5) is 15.0. The topological polar surface area (TPSA) is 34.9 Å². The summed E-state index contributed by atoms with van der Waals surface area (Å²) in [5.74, 6) is 1.51. The van der Waals surface area contributed by atoms with E-state index in [2.05, 4.69) is 28.6 Å². The highest BCUT2D eigenvalue weighted by molar-refractivity contribution is 5.77. The lowest BCUT2D eigenvalue weighted by atomic mass is 9.89. The summed E-state index contributed by atoms with van der Waals surface area (Å²) in [6, 6.07) is 0. The summed E-state index contributed by atoms with van der Waals surface area (Å²) in [6.45, 7) is 3.08. The molecule has 0 amide bonds. The molecule has 1 aromatic heterocycles. The lowest BCUT2D eigenvalue weighted by Gasteiger charge is -2.15. The first-order valence-electron chi connectivity index (χ1n) is 5.22. The molecule has 0 spiro atoms. The van der Waals surface area contributed by atoms with E-state index in [-0.39, 0.29) is 0 Å². The van der Waals surface area contributed by atoms with Crippen molar-refractivity contribution >= 4 is 11.9 Å². The van der Waals surface area contributed by atoms with Crippen LogP contribution in [-0.4, -0.2) is 15.8 Å². The molecule has 2 heterocycles. The number of rotatable bonds is 1. The smallest absolute Gasteiger partial charge is 0.170 e. The first kappa shape index (κ1) is 8.65. The Morgan fingerprint density at radius 2 is 2.47 bits per heavy atom. The molecule has 1 aliphatic heterocycles. The summed E-state index contributed by atoms with van der Waals surface area (Å²) in [7, 11) is 0. The monoisotopic (exact) mass is 200 g/mol. The average Bonchev–Trinajstić information content (AvgIpc) is 2.73. The van der Waals surface area contributed by atoms with Gasteiger partial charge in [-0.1, -0.05) is 19.1 Å². The standard InChI is InChI=1S/C12H12N2O/c1-8-3-2-4-9-5-14-6-10(7-15)13-12(14)11(8)9/h2,4,6-8H,3,5H2,1H3. The van der Waals surface area contributed by atoms with Crippen molar-refractivity contribution in [3.63, 3.8) is 0 Å². The van der Waals surface area contributed by atoms with Gasteiger partial charge in [0, 0.05) is 18.3 Å². The second kappa shape index (κ2) is 2.92. The molecule has 2 aliphatic rings. The van der Waals surface area contributed by atoms with Crippen LogP contribution in [0.5, 0.6) is 0 Å². The molecule has 1 aromatic rings. The molecular formula is C12H12N2O. The van der Waals surface area contributed by atoms with Gasteiger partial charge in [0.05, 0.1) is 0 Å². The van der Waals surface area contributed by atoms with Crippen LogP contribution in [0, 0.1) is 5.92 Å². The van der Waals surface area contributed by atoms with Gasteiger partial charge in [0.1, 0.15) is 11.5 Å². The zero-order valence-corrected chi connectivity index (χ0v) is 8.60. The lowest BCUT2D eigenvalue weighted by Crippen LogP contribution is -2.02. The lowest BCUT2D eigenvalue weighted by molar-refractivity contribution is 0.111.